The molecule has 2 rings (SSSR count). The molecule has 2 aromatic heterocycles. The number of rotatable bonds is 8. The van der Waals surface area contributed by atoms with Gasteiger partial charge in [-0.25, -0.2) is 4.98 Å². The number of nitrogens with zero attached hydrogens (tertiary/aromatic N) is 3. The Labute approximate surface area is 129 Å². The highest BCUT2D eigenvalue weighted by molar-refractivity contribution is 6.17. The molecule has 0 aliphatic heterocycles. The number of halogens is 1. The predicted octanol–water partition coefficient (Wildman–Crippen LogP) is 1.88. The summed E-state index contributed by atoms with van der Waals surface area (Å²) < 4.78 is 17.8. The topological polar surface area (TPSA) is 58.4 Å². The average molecular weight is 314 g/mol. The van der Waals surface area contributed by atoms with Gasteiger partial charge in [0.25, 0.3) is 0 Å². The van der Waals surface area contributed by atoms with Crippen LogP contribution in [0.25, 0.3) is 11.2 Å². The van der Waals surface area contributed by atoms with Crippen molar-refractivity contribution in [3.8, 4) is 5.88 Å². The zero-order valence-electron chi connectivity index (χ0n) is 12.5. The molecule has 0 aromatic carbocycles. The Balaban J connectivity index is 2.42. The number of pyridine rings is 1. The van der Waals surface area contributed by atoms with Crippen LogP contribution in [0.5, 0.6) is 5.88 Å². The van der Waals surface area contributed by atoms with Crippen molar-refractivity contribution in [2.45, 2.75) is 19.1 Å². The molecule has 6 nitrogen and oxygen atoms in total. The number of methoxy groups -OCH3 is 3. The maximum atomic E-state index is 5.87. The van der Waals surface area contributed by atoms with Crippen molar-refractivity contribution in [1.29, 1.82) is 0 Å². The molecule has 0 N–H and O–H groups in total. The monoisotopic (exact) mass is 313 g/mol. The van der Waals surface area contributed by atoms with Gasteiger partial charge in [0.2, 0.25) is 5.88 Å². The van der Waals surface area contributed by atoms with Gasteiger partial charge in [-0.2, -0.15) is 4.98 Å². The summed E-state index contributed by atoms with van der Waals surface area (Å²) in [4.78, 5) is 9.07. The van der Waals surface area contributed by atoms with Gasteiger partial charge in [-0.15, -0.1) is 11.6 Å². The maximum absolute atomic E-state index is 5.87. The average Bonchev–Trinajstić information content (AvgIpc) is 2.84. The molecule has 21 heavy (non-hydrogen) atoms. The van der Waals surface area contributed by atoms with E-state index in [1.807, 2.05) is 10.6 Å². The molecule has 0 aliphatic carbocycles. The van der Waals surface area contributed by atoms with E-state index in [1.165, 1.54) is 0 Å². The molecule has 1 atom stereocenters. The lowest BCUT2D eigenvalue weighted by Gasteiger charge is -2.17. The van der Waals surface area contributed by atoms with Crippen LogP contribution in [0.15, 0.2) is 12.1 Å². The minimum atomic E-state index is -0.0746. The first-order valence-electron chi connectivity index (χ1n) is 6.71. The largest absolute Gasteiger partial charge is 0.481 e. The molecule has 116 valence electrons. The number of aryl methyl sites for hydroxylation is 1. The highest BCUT2D eigenvalue weighted by Crippen LogP contribution is 2.19. The fourth-order valence-electron chi connectivity index (χ4n) is 2.20. The second-order valence-corrected chi connectivity index (χ2v) is 4.96. The van der Waals surface area contributed by atoms with Crippen LogP contribution in [0.4, 0.5) is 0 Å². The second kappa shape index (κ2) is 7.59. The number of fused-ring (bicyclic) bond motifs is 1. The Morgan fingerprint density at radius 2 is 2.05 bits per heavy atom. The van der Waals surface area contributed by atoms with Crippen molar-refractivity contribution in [3.05, 3.63) is 18.0 Å². The first-order chi connectivity index (χ1) is 10.2. The predicted molar refractivity (Wildman–Crippen MR) is 81.2 cm³/mol. The molecule has 1 unspecified atom stereocenters. The normalized spacial score (nSPS) is 12.8. The Hall–Kier alpha value is -1.37. The van der Waals surface area contributed by atoms with Crippen molar-refractivity contribution in [1.82, 2.24) is 14.5 Å². The van der Waals surface area contributed by atoms with E-state index < -0.39 is 0 Å². The molecule has 2 heterocycles. The van der Waals surface area contributed by atoms with Gasteiger partial charge in [0, 0.05) is 32.6 Å². The minimum absolute atomic E-state index is 0.0746. The summed E-state index contributed by atoms with van der Waals surface area (Å²) >= 11 is 5.87. The minimum Gasteiger partial charge on any atom is -0.481 e. The molecule has 0 spiro atoms. The van der Waals surface area contributed by atoms with Crippen LogP contribution >= 0.6 is 11.6 Å². The molecular formula is C14H20ClN3O3. The highest BCUT2D eigenvalue weighted by atomic mass is 35.5. The van der Waals surface area contributed by atoms with Crippen LogP contribution < -0.4 is 4.74 Å². The van der Waals surface area contributed by atoms with Gasteiger partial charge < -0.3 is 18.8 Å². The van der Waals surface area contributed by atoms with Crippen LogP contribution in [-0.2, 0) is 22.4 Å². The third kappa shape index (κ3) is 3.64. The van der Waals surface area contributed by atoms with E-state index in [-0.39, 0.29) is 6.10 Å². The first kappa shape index (κ1) is 16.0. The van der Waals surface area contributed by atoms with Crippen molar-refractivity contribution in [2.24, 2.45) is 0 Å². The summed E-state index contributed by atoms with van der Waals surface area (Å²) in [6.45, 7) is 1.10. The molecule has 0 radical (unpaired) electrons. The highest BCUT2D eigenvalue weighted by Gasteiger charge is 2.17. The van der Waals surface area contributed by atoms with Crippen molar-refractivity contribution in [2.75, 3.05) is 33.8 Å². The summed E-state index contributed by atoms with van der Waals surface area (Å²) in [5.74, 6) is 1.95. The fraction of sp³-hybridized carbons (Fsp3) is 0.571. The van der Waals surface area contributed by atoms with E-state index in [0.29, 0.717) is 31.3 Å². The first-order valence-corrected chi connectivity index (χ1v) is 7.24. The van der Waals surface area contributed by atoms with Gasteiger partial charge in [-0.1, -0.05) is 0 Å². The summed E-state index contributed by atoms with van der Waals surface area (Å²) in [6, 6.07) is 3.70. The zero-order valence-corrected chi connectivity index (χ0v) is 13.3. The van der Waals surface area contributed by atoms with Gasteiger partial charge >= 0.3 is 0 Å². The third-order valence-corrected chi connectivity index (χ3v) is 3.43. The number of hydrogen-bond acceptors (Lipinski definition) is 5. The van der Waals surface area contributed by atoms with Crippen LogP contribution in [-0.4, -0.2) is 54.5 Å². The molecule has 2 aromatic rings. The van der Waals surface area contributed by atoms with Crippen molar-refractivity contribution < 1.29 is 14.2 Å². The summed E-state index contributed by atoms with van der Waals surface area (Å²) in [6.07, 6.45) is 0.596. The number of imidazole rings is 1. The lowest BCUT2D eigenvalue weighted by Crippen LogP contribution is -2.25. The molecule has 7 heteroatoms. The van der Waals surface area contributed by atoms with Gasteiger partial charge in [0.05, 0.1) is 26.4 Å². The number of alkyl halides is 1. The van der Waals surface area contributed by atoms with E-state index in [4.69, 9.17) is 25.8 Å². The van der Waals surface area contributed by atoms with E-state index in [2.05, 4.69) is 9.97 Å². The van der Waals surface area contributed by atoms with Crippen LogP contribution in [0, 0.1) is 0 Å². The van der Waals surface area contributed by atoms with Crippen molar-refractivity contribution >= 4 is 22.8 Å². The molecule has 0 amide bonds. The molecule has 0 saturated heterocycles. The molecular weight excluding hydrogens is 294 g/mol. The molecule has 0 fully saturated rings. The standard InChI is InChI=1S/C14H20ClN3O3/c1-19-9-10(20-2)8-18-12(6-7-15)16-11-4-5-13(21-3)17-14(11)18/h4-5,10H,6-9H2,1-3H3. The Morgan fingerprint density at radius 1 is 1.24 bits per heavy atom. The van der Waals surface area contributed by atoms with Gasteiger partial charge in [0.1, 0.15) is 11.3 Å². The van der Waals surface area contributed by atoms with Crippen molar-refractivity contribution in [3.63, 3.8) is 0 Å². The van der Waals surface area contributed by atoms with E-state index in [9.17, 15) is 0 Å². The Morgan fingerprint density at radius 3 is 2.67 bits per heavy atom. The smallest absolute Gasteiger partial charge is 0.215 e. The number of aromatic nitrogens is 3. The number of hydrogen-bond donors (Lipinski definition) is 0. The van der Waals surface area contributed by atoms with E-state index in [0.717, 1.165) is 17.0 Å². The van der Waals surface area contributed by atoms with Crippen LogP contribution in [0.1, 0.15) is 5.82 Å². The lowest BCUT2D eigenvalue weighted by molar-refractivity contribution is 0.0185. The zero-order chi connectivity index (χ0) is 15.2. The van der Waals surface area contributed by atoms with Crippen LogP contribution in [0.3, 0.4) is 0 Å². The summed E-state index contributed by atoms with van der Waals surface area (Å²) in [5, 5.41) is 0. The number of ether oxygens (including phenoxy) is 3. The van der Waals surface area contributed by atoms with E-state index >= 15 is 0 Å². The quantitative estimate of drug-likeness (QED) is 0.696. The summed E-state index contributed by atoms with van der Waals surface area (Å²) in [5.41, 5.74) is 1.59. The Bertz CT molecular complexity index is 588. The molecule has 0 saturated carbocycles. The van der Waals surface area contributed by atoms with Gasteiger partial charge in [-0.05, 0) is 6.07 Å². The maximum Gasteiger partial charge on any atom is 0.215 e. The third-order valence-electron chi connectivity index (χ3n) is 3.25. The Kier molecular flexibility index (Phi) is 5.78. The van der Waals surface area contributed by atoms with E-state index in [1.54, 1.807) is 27.4 Å². The molecule has 0 aliphatic rings. The fourth-order valence-corrected chi connectivity index (χ4v) is 2.37. The molecule has 0 bridgehead atoms. The van der Waals surface area contributed by atoms with Crippen LogP contribution in [0.2, 0.25) is 0 Å². The van der Waals surface area contributed by atoms with Gasteiger partial charge in [0.15, 0.2) is 5.65 Å². The second-order valence-electron chi connectivity index (χ2n) is 4.59. The SMILES string of the molecule is COCC(Cn1c(CCCl)nc2ccc(OC)nc21)OC. The summed E-state index contributed by atoms with van der Waals surface area (Å²) in [7, 11) is 4.91. The lowest BCUT2D eigenvalue weighted by atomic mass is 10.3. The van der Waals surface area contributed by atoms with Gasteiger partial charge in [-0.3, -0.25) is 0 Å².